The van der Waals surface area contributed by atoms with Gasteiger partial charge in [0.1, 0.15) is 11.7 Å². The van der Waals surface area contributed by atoms with Crippen LogP contribution in [0.3, 0.4) is 0 Å². The molecule has 1 saturated heterocycles. The Labute approximate surface area is 197 Å². The third kappa shape index (κ3) is 3.60. The summed E-state index contributed by atoms with van der Waals surface area (Å²) in [6.07, 6.45) is 0.891. The summed E-state index contributed by atoms with van der Waals surface area (Å²) in [5.74, 6) is -0.322. The highest BCUT2D eigenvalue weighted by molar-refractivity contribution is 6.30. The average Bonchev–Trinajstić information content (AvgIpc) is 2.80. The maximum Gasteiger partial charge on any atom is 0.325 e. The van der Waals surface area contributed by atoms with Gasteiger partial charge in [-0.1, -0.05) is 48.9 Å². The van der Waals surface area contributed by atoms with Crippen LogP contribution >= 0.6 is 11.6 Å². The molecule has 0 radical (unpaired) electrons. The summed E-state index contributed by atoms with van der Waals surface area (Å²) in [5.41, 5.74) is 1.97. The molecule has 3 amide bonds. The fourth-order valence-corrected chi connectivity index (χ4v) is 4.88. The van der Waals surface area contributed by atoms with Crippen molar-refractivity contribution in [3.63, 3.8) is 0 Å². The molecule has 0 saturated carbocycles. The first-order valence-corrected chi connectivity index (χ1v) is 11.3. The molecule has 5 rings (SSSR count). The Morgan fingerprint density at radius 2 is 1.79 bits per heavy atom. The van der Waals surface area contributed by atoms with Gasteiger partial charge in [0.05, 0.1) is 6.04 Å². The SMILES string of the molecule is CCc1ccc(N2C(=O)N[C@H]3c4ccccc4O[C@@]2(C)[C@H]3C(=O)Nc2ccc(Cl)cc2)cc1. The van der Waals surface area contributed by atoms with Gasteiger partial charge in [-0.2, -0.15) is 0 Å². The van der Waals surface area contributed by atoms with Gasteiger partial charge in [-0.3, -0.25) is 9.69 Å². The van der Waals surface area contributed by atoms with Crippen LogP contribution in [-0.4, -0.2) is 17.7 Å². The highest BCUT2D eigenvalue weighted by atomic mass is 35.5. The van der Waals surface area contributed by atoms with Crippen LogP contribution in [0.15, 0.2) is 72.8 Å². The van der Waals surface area contributed by atoms with Gasteiger partial charge in [-0.15, -0.1) is 0 Å². The van der Waals surface area contributed by atoms with E-state index in [2.05, 4.69) is 17.6 Å². The standard InChI is InChI=1S/C26H24ClN3O3/c1-3-16-8-14-19(15-9-16)30-25(32)29-23-20-6-4-5-7-21(20)33-26(30,2)22(23)24(31)28-18-12-10-17(27)11-13-18/h4-15,22-23H,3H2,1-2H3,(H,28,31)(H,29,32)/t22-,23+,26+/m1/s1. The smallest absolute Gasteiger partial charge is 0.325 e. The zero-order valence-corrected chi connectivity index (χ0v) is 19.1. The number of halogens is 1. The molecule has 1 fully saturated rings. The lowest BCUT2D eigenvalue weighted by molar-refractivity contribution is -0.131. The largest absolute Gasteiger partial charge is 0.466 e. The fraction of sp³-hybridized carbons (Fsp3) is 0.231. The number of ether oxygens (including phenoxy) is 1. The van der Waals surface area contributed by atoms with E-state index in [0.717, 1.165) is 17.5 Å². The molecule has 0 aromatic heterocycles. The summed E-state index contributed by atoms with van der Waals surface area (Å²) >= 11 is 5.99. The minimum Gasteiger partial charge on any atom is -0.466 e. The van der Waals surface area contributed by atoms with Crippen molar-refractivity contribution >= 4 is 34.9 Å². The summed E-state index contributed by atoms with van der Waals surface area (Å²) in [6, 6.07) is 21.3. The third-order valence-electron chi connectivity index (χ3n) is 6.40. The number of anilines is 2. The zero-order chi connectivity index (χ0) is 23.2. The number of para-hydroxylation sites is 1. The quantitative estimate of drug-likeness (QED) is 0.536. The molecule has 2 heterocycles. The van der Waals surface area contributed by atoms with Crippen molar-refractivity contribution in [3.05, 3.63) is 88.9 Å². The van der Waals surface area contributed by atoms with Crippen LogP contribution in [0.1, 0.15) is 31.0 Å². The number of amides is 3. The van der Waals surface area contributed by atoms with Crippen LogP contribution in [0, 0.1) is 5.92 Å². The maximum atomic E-state index is 13.7. The van der Waals surface area contributed by atoms with Crippen molar-refractivity contribution in [1.29, 1.82) is 0 Å². The zero-order valence-electron chi connectivity index (χ0n) is 18.3. The Bertz CT molecular complexity index is 1210. The molecule has 3 atom stereocenters. The van der Waals surface area contributed by atoms with Crippen molar-refractivity contribution in [3.8, 4) is 5.75 Å². The first-order chi connectivity index (χ1) is 15.9. The summed E-state index contributed by atoms with van der Waals surface area (Å²) in [6.45, 7) is 3.88. The van der Waals surface area contributed by atoms with Crippen molar-refractivity contribution in [1.82, 2.24) is 5.32 Å². The van der Waals surface area contributed by atoms with Gasteiger partial charge in [0.15, 0.2) is 0 Å². The third-order valence-corrected chi connectivity index (χ3v) is 6.66. The molecule has 7 heteroatoms. The number of urea groups is 1. The number of carbonyl (C=O) groups excluding carboxylic acids is 2. The van der Waals surface area contributed by atoms with Crippen LogP contribution in [0.5, 0.6) is 5.75 Å². The first-order valence-electron chi connectivity index (χ1n) is 10.9. The second-order valence-electron chi connectivity index (χ2n) is 8.45. The predicted octanol–water partition coefficient (Wildman–Crippen LogP) is 5.54. The second-order valence-corrected chi connectivity index (χ2v) is 8.89. The second kappa shape index (κ2) is 8.12. The van der Waals surface area contributed by atoms with Gasteiger partial charge in [0.2, 0.25) is 11.6 Å². The number of carbonyl (C=O) groups is 2. The van der Waals surface area contributed by atoms with Gasteiger partial charge in [0, 0.05) is 22.0 Å². The van der Waals surface area contributed by atoms with Crippen molar-refractivity contribution in [2.45, 2.75) is 32.0 Å². The van der Waals surface area contributed by atoms with E-state index in [1.165, 1.54) is 0 Å². The molecular weight excluding hydrogens is 438 g/mol. The number of hydrogen-bond donors (Lipinski definition) is 2. The maximum absolute atomic E-state index is 13.7. The van der Waals surface area contributed by atoms with Crippen LogP contribution in [-0.2, 0) is 11.2 Å². The normalized spacial score (nSPS) is 23.2. The molecule has 3 aromatic carbocycles. The van der Waals surface area contributed by atoms with E-state index in [9.17, 15) is 9.59 Å². The Balaban J connectivity index is 1.59. The van der Waals surface area contributed by atoms with E-state index >= 15 is 0 Å². The van der Waals surface area contributed by atoms with E-state index < -0.39 is 17.7 Å². The highest BCUT2D eigenvalue weighted by Crippen LogP contribution is 2.49. The molecule has 2 bridgehead atoms. The molecule has 0 unspecified atom stereocenters. The van der Waals surface area contributed by atoms with Crippen molar-refractivity contribution < 1.29 is 14.3 Å². The Morgan fingerprint density at radius 1 is 1.09 bits per heavy atom. The fourth-order valence-electron chi connectivity index (χ4n) is 4.75. The lowest BCUT2D eigenvalue weighted by atomic mass is 9.78. The summed E-state index contributed by atoms with van der Waals surface area (Å²) in [4.78, 5) is 28.5. The van der Waals surface area contributed by atoms with Gasteiger partial charge in [-0.25, -0.2) is 4.79 Å². The topological polar surface area (TPSA) is 70.7 Å². The minimum absolute atomic E-state index is 0.255. The first kappa shape index (κ1) is 21.3. The Kier molecular flexibility index (Phi) is 5.25. The highest BCUT2D eigenvalue weighted by Gasteiger charge is 2.60. The number of rotatable bonds is 4. The molecule has 33 heavy (non-hydrogen) atoms. The molecule has 6 nitrogen and oxygen atoms in total. The molecule has 168 valence electrons. The molecule has 0 spiro atoms. The number of nitrogens with one attached hydrogen (secondary N) is 2. The monoisotopic (exact) mass is 461 g/mol. The summed E-state index contributed by atoms with van der Waals surface area (Å²) in [7, 11) is 0. The van der Waals surface area contributed by atoms with Crippen LogP contribution < -0.4 is 20.3 Å². The van der Waals surface area contributed by atoms with E-state index in [1.807, 2.05) is 48.5 Å². The van der Waals surface area contributed by atoms with E-state index in [4.69, 9.17) is 16.3 Å². The number of hydrogen-bond acceptors (Lipinski definition) is 3. The van der Waals surface area contributed by atoms with Crippen LogP contribution in [0.25, 0.3) is 0 Å². The average molecular weight is 462 g/mol. The Hall–Kier alpha value is -3.51. The predicted molar refractivity (Wildman–Crippen MR) is 129 cm³/mol. The molecule has 2 aliphatic heterocycles. The van der Waals surface area contributed by atoms with Crippen molar-refractivity contribution in [2.24, 2.45) is 5.92 Å². The van der Waals surface area contributed by atoms with Crippen LogP contribution in [0.4, 0.5) is 16.2 Å². The molecule has 0 aliphatic carbocycles. The van der Waals surface area contributed by atoms with E-state index in [-0.39, 0.29) is 11.9 Å². The van der Waals surface area contributed by atoms with Gasteiger partial charge in [0.25, 0.3) is 0 Å². The number of nitrogens with zero attached hydrogens (tertiary/aromatic N) is 1. The number of benzene rings is 3. The summed E-state index contributed by atoms with van der Waals surface area (Å²) in [5, 5.41) is 6.61. The molecule has 3 aromatic rings. The lowest BCUT2D eigenvalue weighted by Gasteiger charge is -2.54. The van der Waals surface area contributed by atoms with Crippen molar-refractivity contribution in [2.75, 3.05) is 10.2 Å². The minimum atomic E-state index is -1.24. The number of fused-ring (bicyclic) bond motifs is 4. The van der Waals surface area contributed by atoms with Gasteiger partial charge in [-0.05, 0) is 61.4 Å². The Morgan fingerprint density at radius 3 is 2.48 bits per heavy atom. The lowest BCUT2D eigenvalue weighted by Crippen LogP contribution is -2.72. The van der Waals surface area contributed by atoms with Gasteiger partial charge >= 0.3 is 6.03 Å². The molecule has 2 aliphatic rings. The van der Waals surface area contributed by atoms with Crippen LogP contribution in [0.2, 0.25) is 5.02 Å². The van der Waals surface area contributed by atoms with E-state index in [1.54, 1.807) is 36.1 Å². The van der Waals surface area contributed by atoms with Gasteiger partial charge < -0.3 is 15.4 Å². The molecule has 2 N–H and O–H groups in total. The summed E-state index contributed by atoms with van der Waals surface area (Å²) < 4.78 is 6.46. The number of aryl methyl sites for hydroxylation is 1. The van der Waals surface area contributed by atoms with E-state index in [0.29, 0.717) is 22.1 Å². The molecular formula is C26H24ClN3O3.